The minimum Gasteiger partial charge on any atom is -0.374 e. The lowest BCUT2D eigenvalue weighted by molar-refractivity contribution is -0.119. The first kappa shape index (κ1) is 23.7. The van der Waals surface area contributed by atoms with Crippen molar-refractivity contribution in [1.82, 2.24) is 20.4 Å². The van der Waals surface area contributed by atoms with E-state index in [1.54, 1.807) is 0 Å². The van der Waals surface area contributed by atoms with Gasteiger partial charge in [-0.05, 0) is 36.6 Å². The van der Waals surface area contributed by atoms with Crippen LogP contribution in [0.3, 0.4) is 0 Å². The van der Waals surface area contributed by atoms with Crippen molar-refractivity contribution >= 4 is 39.8 Å². The smallest absolute Gasteiger partial charge is 0.230 e. The first-order valence-corrected chi connectivity index (χ1v) is 12.8. The Morgan fingerprint density at radius 1 is 1.18 bits per heavy atom. The number of aryl methyl sites for hydroxylation is 1. The largest absolute Gasteiger partial charge is 0.374 e. The maximum Gasteiger partial charge on any atom is 0.230 e. The maximum absolute atomic E-state index is 12.4. The van der Waals surface area contributed by atoms with Gasteiger partial charge in [0.1, 0.15) is 0 Å². The number of anilines is 2. The number of rotatable bonds is 9. The molecule has 174 valence electrons. The molecule has 33 heavy (non-hydrogen) atoms. The van der Waals surface area contributed by atoms with Crippen LogP contribution in [-0.2, 0) is 16.1 Å². The number of morpholine rings is 1. The number of carbonyl (C=O) groups is 1. The second-order valence-corrected chi connectivity index (χ2v) is 10.3. The van der Waals surface area contributed by atoms with E-state index in [0.717, 1.165) is 34.8 Å². The predicted molar refractivity (Wildman–Crippen MR) is 134 cm³/mol. The lowest BCUT2D eigenvalue weighted by Gasteiger charge is -2.33. The lowest BCUT2D eigenvalue weighted by Crippen LogP contribution is -2.47. The van der Waals surface area contributed by atoms with Crippen molar-refractivity contribution in [2.45, 2.75) is 30.8 Å². The Hall–Kier alpha value is -2.46. The Labute approximate surface area is 202 Å². The number of aromatic nitrogens is 2. The van der Waals surface area contributed by atoms with E-state index in [2.05, 4.69) is 69.9 Å². The lowest BCUT2D eigenvalue weighted by atomic mass is 10.1. The zero-order chi connectivity index (χ0) is 23.0. The third kappa shape index (κ3) is 7.01. The number of amides is 1. The summed E-state index contributed by atoms with van der Waals surface area (Å²) in [5.41, 5.74) is 4.73. The van der Waals surface area contributed by atoms with Gasteiger partial charge in [-0.1, -0.05) is 65.6 Å². The highest BCUT2D eigenvalue weighted by atomic mass is 32.2. The summed E-state index contributed by atoms with van der Waals surface area (Å²) < 4.78 is 6.61. The molecule has 0 bridgehead atoms. The molecule has 2 N–H and O–H groups in total. The molecule has 0 aliphatic carbocycles. The monoisotopic (exact) mass is 483 g/mol. The molecule has 2 heterocycles. The van der Waals surface area contributed by atoms with Gasteiger partial charge in [-0.3, -0.25) is 9.69 Å². The van der Waals surface area contributed by atoms with E-state index in [1.165, 1.54) is 39.8 Å². The second kappa shape index (κ2) is 11.6. The Bertz CT molecular complexity index is 1060. The molecule has 1 aromatic heterocycles. The number of hydrogen-bond donors (Lipinski definition) is 2. The maximum atomic E-state index is 12.4. The Balaban J connectivity index is 1.19. The Kier molecular flexibility index (Phi) is 8.33. The standard InChI is InChI=1S/C24H29N5O2S2/c1-17-7-6-10-21(18(17)2)26-23-27-28-24(33-23)32-16-22(30)25-13-20-15-29(11-12-31-20)14-19-8-4-3-5-9-19/h3-10,20H,11-16H2,1-2H3,(H,25,30)(H,26,27). The molecular formula is C24H29N5O2S2. The van der Waals surface area contributed by atoms with E-state index in [9.17, 15) is 4.79 Å². The van der Waals surface area contributed by atoms with Crippen molar-refractivity contribution in [1.29, 1.82) is 0 Å². The van der Waals surface area contributed by atoms with Crippen LogP contribution in [0.15, 0.2) is 52.9 Å². The fourth-order valence-corrected chi connectivity index (χ4v) is 5.21. The fraction of sp³-hybridized carbons (Fsp3) is 0.375. The summed E-state index contributed by atoms with van der Waals surface area (Å²) in [5, 5.41) is 15.4. The van der Waals surface area contributed by atoms with Crippen LogP contribution < -0.4 is 10.6 Å². The summed E-state index contributed by atoms with van der Waals surface area (Å²) in [5.74, 6) is 0.279. The molecule has 1 amide bonds. The molecule has 1 aliphatic rings. The number of ether oxygens (including phenoxy) is 1. The van der Waals surface area contributed by atoms with E-state index < -0.39 is 0 Å². The molecule has 1 aliphatic heterocycles. The summed E-state index contributed by atoms with van der Waals surface area (Å²) in [6, 6.07) is 16.6. The average molecular weight is 484 g/mol. The van der Waals surface area contributed by atoms with Gasteiger partial charge in [0.05, 0.1) is 18.5 Å². The van der Waals surface area contributed by atoms with Crippen LogP contribution in [0.2, 0.25) is 0 Å². The van der Waals surface area contributed by atoms with Gasteiger partial charge in [-0.25, -0.2) is 0 Å². The van der Waals surface area contributed by atoms with Gasteiger partial charge in [0.2, 0.25) is 11.0 Å². The normalized spacial score (nSPS) is 16.5. The highest BCUT2D eigenvalue weighted by Gasteiger charge is 2.21. The van der Waals surface area contributed by atoms with Crippen LogP contribution in [0.4, 0.5) is 10.8 Å². The van der Waals surface area contributed by atoms with Gasteiger partial charge in [-0.15, -0.1) is 10.2 Å². The van der Waals surface area contributed by atoms with Crippen molar-refractivity contribution in [3.05, 3.63) is 65.2 Å². The van der Waals surface area contributed by atoms with Gasteiger partial charge in [0.15, 0.2) is 4.34 Å². The number of nitrogens with zero attached hydrogens (tertiary/aromatic N) is 3. The van der Waals surface area contributed by atoms with Crippen LogP contribution in [0, 0.1) is 13.8 Å². The summed E-state index contributed by atoms with van der Waals surface area (Å²) >= 11 is 2.85. The minimum absolute atomic E-state index is 0.00585. The first-order chi connectivity index (χ1) is 16.1. The van der Waals surface area contributed by atoms with Crippen molar-refractivity contribution in [3.8, 4) is 0 Å². The van der Waals surface area contributed by atoms with Crippen LogP contribution in [0.25, 0.3) is 0 Å². The molecular weight excluding hydrogens is 454 g/mol. The van der Waals surface area contributed by atoms with Crippen LogP contribution in [0.5, 0.6) is 0 Å². The molecule has 0 saturated carbocycles. The highest BCUT2D eigenvalue weighted by Crippen LogP contribution is 2.29. The molecule has 1 atom stereocenters. The molecule has 1 unspecified atom stereocenters. The highest BCUT2D eigenvalue weighted by molar-refractivity contribution is 8.01. The van der Waals surface area contributed by atoms with Crippen molar-refractivity contribution in [3.63, 3.8) is 0 Å². The Morgan fingerprint density at radius 2 is 2.03 bits per heavy atom. The summed E-state index contributed by atoms with van der Waals surface area (Å²) in [6.07, 6.45) is 0.00585. The molecule has 3 aromatic rings. The Morgan fingerprint density at radius 3 is 2.88 bits per heavy atom. The first-order valence-electron chi connectivity index (χ1n) is 11.0. The molecule has 9 heteroatoms. The molecule has 2 aromatic carbocycles. The van der Waals surface area contributed by atoms with E-state index >= 15 is 0 Å². The zero-order valence-electron chi connectivity index (χ0n) is 18.9. The van der Waals surface area contributed by atoms with E-state index in [-0.39, 0.29) is 12.0 Å². The van der Waals surface area contributed by atoms with E-state index in [1.807, 2.05) is 18.2 Å². The number of nitrogens with one attached hydrogen (secondary N) is 2. The van der Waals surface area contributed by atoms with E-state index in [0.29, 0.717) is 18.9 Å². The summed E-state index contributed by atoms with van der Waals surface area (Å²) in [6.45, 7) is 7.98. The fourth-order valence-electron chi connectivity index (χ4n) is 3.62. The van der Waals surface area contributed by atoms with Crippen LogP contribution in [0.1, 0.15) is 16.7 Å². The number of carbonyl (C=O) groups excluding carboxylic acids is 1. The van der Waals surface area contributed by atoms with Gasteiger partial charge in [0, 0.05) is 31.9 Å². The molecule has 0 spiro atoms. The minimum atomic E-state index is -0.0250. The van der Waals surface area contributed by atoms with Crippen molar-refractivity contribution < 1.29 is 9.53 Å². The zero-order valence-corrected chi connectivity index (χ0v) is 20.5. The molecule has 7 nitrogen and oxygen atoms in total. The number of hydrogen-bond acceptors (Lipinski definition) is 8. The molecule has 1 fully saturated rings. The average Bonchev–Trinajstić information content (AvgIpc) is 3.28. The molecule has 1 saturated heterocycles. The number of benzene rings is 2. The van der Waals surface area contributed by atoms with Gasteiger partial charge in [0.25, 0.3) is 0 Å². The van der Waals surface area contributed by atoms with Gasteiger partial charge >= 0.3 is 0 Å². The SMILES string of the molecule is Cc1cccc(Nc2nnc(SCC(=O)NCC3CN(Cc4ccccc4)CCO3)s2)c1C. The summed E-state index contributed by atoms with van der Waals surface area (Å²) in [7, 11) is 0. The van der Waals surface area contributed by atoms with Crippen LogP contribution in [-0.4, -0.2) is 59.1 Å². The van der Waals surface area contributed by atoms with Gasteiger partial charge < -0.3 is 15.4 Å². The molecule has 4 rings (SSSR count). The van der Waals surface area contributed by atoms with E-state index in [4.69, 9.17) is 4.74 Å². The topological polar surface area (TPSA) is 79.4 Å². The number of thioether (sulfide) groups is 1. The van der Waals surface area contributed by atoms with Crippen molar-refractivity contribution in [2.24, 2.45) is 0 Å². The summed E-state index contributed by atoms with van der Waals surface area (Å²) in [4.78, 5) is 14.7. The predicted octanol–water partition coefficient (Wildman–Crippen LogP) is 4.01. The van der Waals surface area contributed by atoms with Crippen molar-refractivity contribution in [2.75, 3.05) is 37.3 Å². The third-order valence-electron chi connectivity index (χ3n) is 5.58. The van der Waals surface area contributed by atoms with Gasteiger partial charge in [-0.2, -0.15) is 0 Å². The van der Waals surface area contributed by atoms with Crippen LogP contribution >= 0.6 is 23.1 Å². The third-order valence-corrected chi connectivity index (χ3v) is 7.55. The second-order valence-electron chi connectivity index (χ2n) is 8.05. The molecule has 0 radical (unpaired) electrons. The quantitative estimate of drug-likeness (QED) is 0.445.